The quantitative estimate of drug-likeness (QED) is 0.649. The van der Waals surface area contributed by atoms with Gasteiger partial charge in [-0.1, -0.05) is 0 Å². The number of esters is 1. The van der Waals surface area contributed by atoms with Crippen LogP contribution in [0.15, 0.2) is 24.3 Å². The van der Waals surface area contributed by atoms with Crippen LogP contribution in [0.5, 0.6) is 0 Å². The fourth-order valence-corrected chi connectivity index (χ4v) is 2.31. The number of benzene rings is 1. The Morgan fingerprint density at radius 2 is 1.76 bits per heavy atom. The van der Waals surface area contributed by atoms with E-state index in [4.69, 9.17) is 10.5 Å². The molecule has 1 heterocycles. The monoisotopic (exact) mass is 291 g/mol. The number of nitrogens with two attached hydrogens (primary N) is 1. The Kier molecular flexibility index (Phi) is 5.16. The summed E-state index contributed by atoms with van der Waals surface area (Å²) in [6.07, 6.45) is 0. The zero-order chi connectivity index (χ0) is 15.2. The lowest BCUT2D eigenvalue weighted by molar-refractivity contribution is -0.144. The number of nitrogen functional groups attached to an aromatic ring is 1. The Morgan fingerprint density at radius 1 is 1.14 bits per heavy atom. The summed E-state index contributed by atoms with van der Waals surface area (Å²) >= 11 is 0. The fourth-order valence-electron chi connectivity index (χ4n) is 2.31. The summed E-state index contributed by atoms with van der Waals surface area (Å²) in [5, 5.41) is 0. The van der Waals surface area contributed by atoms with Crippen molar-refractivity contribution in [2.75, 3.05) is 45.1 Å². The number of hydrogen-bond donors (Lipinski definition) is 1. The topological polar surface area (TPSA) is 75.9 Å². The van der Waals surface area contributed by atoms with Gasteiger partial charge in [0, 0.05) is 37.4 Å². The second-order valence-corrected chi connectivity index (χ2v) is 5.00. The van der Waals surface area contributed by atoms with Crippen LogP contribution in [0.3, 0.4) is 0 Å². The van der Waals surface area contributed by atoms with Crippen LogP contribution in [0.2, 0.25) is 0 Å². The molecule has 1 aromatic carbocycles. The summed E-state index contributed by atoms with van der Waals surface area (Å²) in [5.41, 5.74) is 6.91. The van der Waals surface area contributed by atoms with Crippen LogP contribution in [0.25, 0.3) is 0 Å². The number of piperazine rings is 1. The van der Waals surface area contributed by atoms with Gasteiger partial charge >= 0.3 is 5.97 Å². The lowest BCUT2D eigenvalue weighted by Gasteiger charge is -2.34. The highest BCUT2D eigenvalue weighted by Gasteiger charge is 2.23. The van der Waals surface area contributed by atoms with E-state index in [-0.39, 0.29) is 18.4 Å². The number of hydrogen-bond acceptors (Lipinski definition) is 5. The van der Waals surface area contributed by atoms with E-state index in [1.54, 1.807) is 36.1 Å². The fraction of sp³-hybridized carbons (Fsp3) is 0.467. The van der Waals surface area contributed by atoms with Crippen molar-refractivity contribution in [3.05, 3.63) is 29.8 Å². The minimum Gasteiger partial charge on any atom is -0.465 e. The Morgan fingerprint density at radius 3 is 2.33 bits per heavy atom. The van der Waals surface area contributed by atoms with Gasteiger partial charge in [-0.2, -0.15) is 0 Å². The zero-order valence-corrected chi connectivity index (χ0v) is 12.2. The van der Waals surface area contributed by atoms with E-state index >= 15 is 0 Å². The summed E-state index contributed by atoms with van der Waals surface area (Å²) in [4.78, 5) is 27.5. The highest BCUT2D eigenvalue weighted by atomic mass is 16.5. The van der Waals surface area contributed by atoms with Gasteiger partial charge in [0.15, 0.2) is 0 Å². The van der Waals surface area contributed by atoms with Crippen molar-refractivity contribution in [3.63, 3.8) is 0 Å². The van der Waals surface area contributed by atoms with Crippen molar-refractivity contribution >= 4 is 17.6 Å². The molecule has 1 fully saturated rings. The number of carbonyl (C=O) groups excluding carboxylic acids is 2. The summed E-state index contributed by atoms with van der Waals surface area (Å²) in [6.45, 7) is 5.07. The van der Waals surface area contributed by atoms with E-state index in [1.165, 1.54) is 0 Å². The minimum absolute atomic E-state index is 0.00536. The smallest absolute Gasteiger partial charge is 0.320 e. The number of rotatable bonds is 4. The highest BCUT2D eigenvalue weighted by Crippen LogP contribution is 2.11. The van der Waals surface area contributed by atoms with Crippen molar-refractivity contribution in [1.29, 1.82) is 0 Å². The van der Waals surface area contributed by atoms with Crippen LogP contribution in [0, 0.1) is 0 Å². The molecule has 1 aromatic rings. The lowest BCUT2D eigenvalue weighted by Crippen LogP contribution is -2.50. The van der Waals surface area contributed by atoms with Gasteiger partial charge in [0.25, 0.3) is 5.91 Å². The Hall–Kier alpha value is -2.08. The van der Waals surface area contributed by atoms with Crippen molar-refractivity contribution in [2.24, 2.45) is 0 Å². The number of nitrogens with zero attached hydrogens (tertiary/aromatic N) is 2. The van der Waals surface area contributed by atoms with E-state index in [9.17, 15) is 9.59 Å². The number of carbonyl (C=O) groups is 2. The molecular formula is C15H21N3O3. The number of anilines is 1. The maximum absolute atomic E-state index is 12.3. The first kappa shape index (κ1) is 15.3. The summed E-state index contributed by atoms with van der Waals surface area (Å²) < 4.78 is 4.93. The van der Waals surface area contributed by atoms with E-state index in [1.807, 2.05) is 4.90 Å². The lowest BCUT2D eigenvalue weighted by atomic mass is 10.1. The van der Waals surface area contributed by atoms with Crippen LogP contribution in [-0.2, 0) is 9.53 Å². The van der Waals surface area contributed by atoms with Crippen LogP contribution < -0.4 is 5.73 Å². The molecule has 0 aliphatic carbocycles. The molecule has 0 bridgehead atoms. The molecule has 0 spiro atoms. The SMILES string of the molecule is CCOC(=O)CN1CCN(C(=O)c2ccc(N)cc2)CC1. The predicted octanol–water partition coefficient (Wildman–Crippen LogP) is 0.590. The third-order valence-electron chi connectivity index (χ3n) is 3.48. The molecular weight excluding hydrogens is 270 g/mol. The third kappa shape index (κ3) is 4.19. The third-order valence-corrected chi connectivity index (χ3v) is 3.48. The van der Waals surface area contributed by atoms with Gasteiger partial charge in [0.05, 0.1) is 13.2 Å². The summed E-state index contributed by atoms with van der Waals surface area (Å²) in [6, 6.07) is 6.93. The largest absolute Gasteiger partial charge is 0.465 e. The minimum atomic E-state index is -0.212. The van der Waals surface area contributed by atoms with Crippen molar-refractivity contribution in [3.8, 4) is 0 Å². The van der Waals surface area contributed by atoms with Gasteiger partial charge in [-0.05, 0) is 31.2 Å². The molecule has 6 heteroatoms. The molecule has 0 atom stereocenters. The molecule has 0 radical (unpaired) electrons. The maximum atomic E-state index is 12.3. The standard InChI is InChI=1S/C15H21N3O3/c1-2-21-14(19)11-17-7-9-18(10-8-17)15(20)12-3-5-13(16)6-4-12/h3-6H,2,7-11,16H2,1H3. The van der Waals surface area contributed by atoms with Crippen molar-refractivity contribution in [2.45, 2.75) is 6.92 Å². The molecule has 0 saturated carbocycles. The van der Waals surface area contributed by atoms with E-state index in [0.717, 1.165) is 0 Å². The summed E-state index contributed by atoms with van der Waals surface area (Å²) in [5.74, 6) is -0.207. The van der Waals surface area contributed by atoms with Crippen LogP contribution >= 0.6 is 0 Å². The Balaban J connectivity index is 1.84. The van der Waals surface area contributed by atoms with E-state index in [2.05, 4.69) is 0 Å². The van der Waals surface area contributed by atoms with Gasteiger partial charge in [0.2, 0.25) is 0 Å². The van der Waals surface area contributed by atoms with Gasteiger partial charge in [-0.25, -0.2) is 0 Å². The second kappa shape index (κ2) is 7.08. The normalized spacial score (nSPS) is 15.8. The molecule has 114 valence electrons. The van der Waals surface area contributed by atoms with Gasteiger partial charge < -0.3 is 15.4 Å². The van der Waals surface area contributed by atoms with Gasteiger partial charge in [0.1, 0.15) is 0 Å². The molecule has 21 heavy (non-hydrogen) atoms. The average molecular weight is 291 g/mol. The van der Waals surface area contributed by atoms with Gasteiger partial charge in [-0.15, -0.1) is 0 Å². The highest BCUT2D eigenvalue weighted by molar-refractivity contribution is 5.94. The van der Waals surface area contributed by atoms with Crippen molar-refractivity contribution in [1.82, 2.24) is 9.80 Å². The molecule has 2 rings (SSSR count). The van der Waals surface area contributed by atoms with Crippen molar-refractivity contribution < 1.29 is 14.3 Å². The molecule has 1 aliphatic heterocycles. The van der Waals surface area contributed by atoms with Crippen LogP contribution in [0.4, 0.5) is 5.69 Å². The Bertz CT molecular complexity index is 493. The number of ether oxygens (including phenoxy) is 1. The summed E-state index contributed by atoms with van der Waals surface area (Å²) in [7, 11) is 0. The molecule has 1 amide bonds. The molecule has 0 aromatic heterocycles. The molecule has 1 aliphatic rings. The van der Waals surface area contributed by atoms with Crippen LogP contribution in [-0.4, -0.2) is 61.0 Å². The predicted molar refractivity (Wildman–Crippen MR) is 79.8 cm³/mol. The van der Waals surface area contributed by atoms with Crippen LogP contribution in [0.1, 0.15) is 17.3 Å². The molecule has 2 N–H and O–H groups in total. The van der Waals surface area contributed by atoms with E-state index < -0.39 is 0 Å². The number of amides is 1. The first-order valence-electron chi connectivity index (χ1n) is 7.13. The molecule has 0 unspecified atom stereocenters. The zero-order valence-electron chi connectivity index (χ0n) is 12.2. The van der Waals surface area contributed by atoms with Gasteiger partial charge in [-0.3, -0.25) is 14.5 Å². The van der Waals surface area contributed by atoms with E-state index in [0.29, 0.717) is 44.0 Å². The Labute approximate surface area is 124 Å². The molecule has 1 saturated heterocycles. The first-order chi connectivity index (χ1) is 10.1. The average Bonchev–Trinajstić information content (AvgIpc) is 2.48. The first-order valence-corrected chi connectivity index (χ1v) is 7.13. The second-order valence-electron chi connectivity index (χ2n) is 5.00. The maximum Gasteiger partial charge on any atom is 0.320 e. The molecule has 6 nitrogen and oxygen atoms in total.